The van der Waals surface area contributed by atoms with E-state index in [1.54, 1.807) is 6.92 Å². The number of nitrogens with two attached hydrogens (primary N) is 2. The Morgan fingerprint density at radius 2 is 2.05 bits per heavy atom. The highest BCUT2D eigenvalue weighted by atomic mass is 32.2. The zero-order chi connectivity index (χ0) is 15.8. The van der Waals surface area contributed by atoms with E-state index in [-0.39, 0.29) is 28.9 Å². The summed E-state index contributed by atoms with van der Waals surface area (Å²) in [6.07, 6.45) is 1.15. The number of nitrogen functional groups attached to an aromatic ring is 1. The minimum atomic E-state index is -3.78. The molecule has 1 aliphatic heterocycles. The Morgan fingerprint density at radius 3 is 2.62 bits per heavy atom. The van der Waals surface area contributed by atoms with Gasteiger partial charge in [-0.3, -0.25) is 4.79 Å². The lowest BCUT2D eigenvalue weighted by atomic mass is 9.95. The van der Waals surface area contributed by atoms with E-state index in [0.717, 1.165) is 0 Å². The predicted molar refractivity (Wildman–Crippen MR) is 77.8 cm³/mol. The van der Waals surface area contributed by atoms with E-state index in [2.05, 4.69) is 0 Å². The molecule has 8 heteroatoms. The minimum absolute atomic E-state index is 0.00484. The molecule has 0 radical (unpaired) electrons. The molecule has 2 rings (SSSR count). The normalized spacial score (nSPS) is 23.9. The van der Waals surface area contributed by atoms with Gasteiger partial charge in [-0.2, -0.15) is 4.31 Å². The van der Waals surface area contributed by atoms with Crippen LogP contribution in [0.5, 0.6) is 5.75 Å². The Kier molecular flexibility index (Phi) is 4.11. The van der Waals surface area contributed by atoms with Gasteiger partial charge < -0.3 is 16.6 Å². The maximum atomic E-state index is 12.7. The van der Waals surface area contributed by atoms with E-state index in [0.29, 0.717) is 12.8 Å². The summed E-state index contributed by atoms with van der Waals surface area (Å²) in [4.78, 5) is 11.3. The number of sulfonamides is 1. The Labute approximate surface area is 123 Å². The fourth-order valence-electron chi connectivity index (χ4n) is 2.47. The van der Waals surface area contributed by atoms with Crippen LogP contribution in [0, 0.1) is 5.92 Å². The van der Waals surface area contributed by atoms with Crippen molar-refractivity contribution in [2.24, 2.45) is 11.7 Å². The van der Waals surface area contributed by atoms with Crippen LogP contribution in [0.15, 0.2) is 23.1 Å². The third-order valence-corrected chi connectivity index (χ3v) is 5.81. The second-order valence-corrected chi connectivity index (χ2v) is 7.21. The van der Waals surface area contributed by atoms with Gasteiger partial charge in [0.25, 0.3) is 0 Å². The van der Waals surface area contributed by atoms with Crippen molar-refractivity contribution in [2.45, 2.75) is 30.7 Å². The molecule has 0 saturated carbocycles. The van der Waals surface area contributed by atoms with Crippen molar-refractivity contribution < 1.29 is 18.3 Å². The maximum Gasteiger partial charge on any atom is 0.243 e. The number of amides is 1. The van der Waals surface area contributed by atoms with E-state index < -0.39 is 21.8 Å². The smallest absolute Gasteiger partial charge is 0.243 e. The number of rotatable bonds is 3. The summed E-state index contributed by atoms with van der Waals surface area (Å²) in [5, 5.41) is 9.39. The third kappa shape index (κ3) is 2.96. The Balaban J connectivity index is 2.36. The van der Waals surface area contributed by atoms with Crippen LogP contribution < -0.4 is 11.5 Å². The van der Waals surface area contributed by atoms with Crippen molar-refractivity contribution in [3.63, 3.8) is 0 Å². The van der Waals surface area contributed by atoms with Crippen LogP contribution in [0.25, 0.3) is 0 Å². The highest BCUT2D eigenvalue weighted by Gasteiger charge is 2.36. The summed E-state index contributed by atoms with van der Waals surface area (Å²) in [6.45, 7) is 1.86. The number of hydrogen-bond acceptors (Lipinski definition) is 5. The molecule has 1 heterocycles. The molecule has 1 aliphatic rings. The molecule has 0 aliphatic carbocycles. The first-order chi connectivity index (χ1) is 9.73. The molecule has 0 spiro atoms. The van der Waals surface area contributed by atoms with Crippen LogP contribution in [0.2, 0.25) is 0 Å². The second kappa shape index (κ2) is 5.53. The van der Waals surface area contributed by atoms with Gasteiger partial charge in [-0.15, -0.1) is 0 Å². The number of piperidine rings is 1. The third-order valence-electron chi connectivity index (χ3n) is 3.83. The van der Waals surface area contributed by atoms with Gasteiger partial charge in [-0.05, 0) is 38.0 Å². The zero-order valence-electron chi connectivity index (χ0n) is 11.7. The van der Waals surface area contributed by atoms with Crippen molar-refractivity contribution >= 4 is 21.6 Å². The molecule has 2 atom stereocenters. The van der Waals surface area contributed by atoms with Gasteiger partial charge >= 0.3 is 0 Å². The first-order valence-electron chi connectivity index (χ1n) is 6.63. The van der Waals surface area contributed by atoms with Gasteiger partial charge in [0, 0.05) is 12.6 Å². The van der Waals surface area contributed by atoms with Gasteiger partial charge in [-0.25, -0.2) is 8.42 Å². The second-order valence-electron chi connectivity index (χ2n) is 5.32. The van der Waals surface area contributed by atoms with Gasteiger partial charge in [0.1, 0.15) is 5.75 Å². The Bertz CT molecular complexity index is 659. The molecule has 1 amide bonds. The number of hydrogen-bond donors (Lipinski definition) is 3. The molecule has 116 valence electrons. The number of anilines is 1. The van der Waals surface area contributed by atoms with Crippen molar-refractivity contribution in [3.8, 4) is 5.75 Å². The fraction of sp³-hybridized carbons (Fsp3) is 0.462. The Morgan fingerprint density at radius 1 is 1.38 bits per heavy atom. The number of aromatic hydroxyl groups is 1. The quantitative estimate of drug-likeness (QED) is 0.544. The van der Waals surface area contributed by atoms with E-state index >= 15 is 0 Å². The summed E-state index contributed by atoms with van der Waals surface area (Å²) in [5.74, 6) is -1.14. The first kappa shape index (κ1) is 15.6. The van der Waals surface area contributed by atoms with Crippen molar-refractivity contribution in [3.05, 3.63) is 18.2 Å². The summed E-state index contributed by atoms with van der Waals surface area (Å²) in [7, 11) is -3.78. The van der Waals surface area contributed by atoms with Gasteiger partial charge in [0.15, 0.2) is 0 Å². The topological polar surface area (TPSA) is 127 Å². The number of phenolic OH excluding ortho intramolecular Hbond substituents is 1. The van der Waals surface area contributed by atoms with E-state index in [9.17, 15) is 18.3 Å². The van der Waals surface area contributed by atoms with Crippen molar-refractivity contribution in [1.29, 1.82) is 0 Å². The van der Waals surface area contributed by atoms with E-state index in [1.807, 2.05) is 0 Å². The summed E-state index contributed by atoms with van der Waals surface area (Å²) in [5.41, 5.74) is 10.8. The maximum absolute atomic E-state index is 12.7. The van der Waals surface area contributed by atoms with Crippen LogP contribution in [-0.4, -0.2) is 36.3 Å². The molecule has 2 unspecified atom stereocenters. The molecular weight excluding hydrogens is 294 g/mol. The monoisotopic (exact) mass is 313 g/mol. The molecule has 1 aromatic carbocycles. The average Bonchev–Trinajstić information content (AvgIpc) is 2.41. The average molecular weight is 313 g/mol. The van der Waals surface area contributed by atoms with Gasteiger partial charge in [-0.1, -0.05) is 0 Å². The lowest BCUT2D eigenvalue weighted by Gasteiger charge is -2.35. The van der Waals surface area contributed by atoms with E-state index in [4.69, 9.17) is 11.5 Å². The minimum Gasteiger partial charge on any atom is -0.506 e. The van der Waals surface area contributed by atoms with Gasteiger partial charge in [0.05, 0.1) is 16.5 Å². The lowest BCUT2D eigenvalue weighted by molar-refractivity contribution is -0.123. The standard InChI is InChI=1S/C13H19N3O4S/c1-8-2-3-9(13(15)18)7-16(8)21(19,20)10-4-5-12(17)11(14)6-10/h4-6,8-9,17H,2-3,7,14H2,1H3,(H2,15,18). The number of carbonyl (C=O) groups excluding carboxylic acids is 1. The molecule has 1 saturated heterocycles. The number of carbonyl (C=O) groups is 1. The Hall–Kier alpha value is -1.80. The lowest BCUT2D eigenvalue weighted by Crippen LogP contribution is -2.48. The van der Waals surface area contributed by atoms with Crippen LogP contribution in [0.3, 0.4) is 0 Å². The number of phenols is 1. The van der Waals surface area contributed by atoms with Crippen LogP contribution in [-0.2, 0) is 14.8 Å². The number of nitrogens with zero attached hydrogens (tertiary/aromatic N) is 1. The van der Waals surface area contributed by atoms with Crippen LogP contribution >= 0.6 is 0 Å². The van der Waals surface area contributed by atoms with Gasteiger partial charge in [0.2, 0.25) is 15.9 Å². The highest BCUT2D eigenvalue weighted by molar-refractivity contribution is 7.89. The number of benzene rings is 1. The molecule has 5 N–H and O–H groups in total. The SMILES string of the molecule is CC1CCC(C(N)=O)CN1S(=O)(=O)c1ccc(O)c(N)c1. The molecular formula is C13H19N3O4S. The van der Waals surface area contributed by atoms with Crippen LogP contribution in [0.4, 0.5) is 5.69 Å². The number of primary amides is 1. The molecule has 7 nitrogen and oxygen atoms in total. The molecule has 0 bridgehead atoms. The first-order valence-corrected chi connectivity index (χ1v) is 8.07. The van der Waals surface area contributed by atoms with Crippen molar-refractivity contribution in [1.82, 2.24) is 4.31 Å². The van der Waals surface area contributed by atoms with E-state index in [1.165, 1.54) is 22.5 Å². The molecule has 21 heavy (non-hydrogen) atoms. The fourth-order valence-corrected chi connectivity index (χ4v) is 4.21. The molecule has 1 aromatic rings. The molecule has 1 fully saturated rings. The predicted octanol–water partition coefficient (Wildman–Crippen LogP) is 0.249. The molecule has 0 aromatic heterocycles. The summed E-state index contributed by atoms with van der Waals surface area (Å²) < 4.78 is 26.6. The largest absolute Gasteiger partial charge is 0.506 e. The zero-order valence-corrected chi connectivity index (χ0v) is 12.5. The van der Waals surface area contributed by atoms with Crippen molar-refractivity contribution in [2.75, 3.05) is 12.3 Å². The summed E-state index contributed by atoms with van der Waals surface area (Å²) in [6, 6.07) is 3.52. The highest BCUT2D eigenvalue weighted by Crippen LogP contribution is 2.30. The summed E-state index contributed by atoms with van der Waals surface area (Å²) >= 11 is 0. The van der Waals surface area contributed by atoms with Crippen LogP contribution in [0.1, 0.15) is 19.8 Å².